The van der Waals surface area contributed by atoms with Crippen LogP contribution in [0, 0.1) is 5.92 Å². The SMILES string of the molecule is COc1ccc(CN(C(=O)CCc2ccc(S(=O)(=O)NC3CC3)cc2)[C@@H](C)C(=O)NCCC(C)C)cc1. The molecule has 0 spiro atoms. The summed E-state index contributed by atoms with van der Waals surface area (Å²) in [5, 5.41) is 2.95. The molecular formula is C28H39N3O5S. The highest BCUT2D eigenvalue weighted by Crippen LogP contribution is 2.22. The minimum Gasteiger partial charge on any atom is -0.497 e. The van der Waals surface area contributed by atoms with Crippen LogP contribution in [0.5, 0.6) is 5.75 Å². The molecular weight excluding hydrogens is 490 g/mol. The zero-order valence-corrected chi connectivity index (χ0v) is 23.0. The minimum absolute atomic E-state index is 0.0449. The van der Waals surface area contributed by atoms with Crippen LogP contribution in [0.4, 0.5) is 0 Å². The molecule has 9 heteroatoms. The highest BCUT2D eigenvalue weighted by atomic mass is 32.2. The first kappa shape index (κ1) is 28.7. The number of nitrogens with one attached hydrogen (secondary N) is 2. The van der Waals surface area contributed by atoms with Crippen molar-refractivity contribution < 1.29 is 22.7 Å². The number of carbonyl (C=O) groups is 2. The van der Waals surface area contributed by atoms with Gasteiger partial charge in [0.05, 0.1) is 12.0 Å². The fourth-order valence-electron chi connectivity index (χ4n) is 3.86. The van der Waals surface area contributed by atoms with Gasteiger partial charge in [-0.2, -0.15) is 0 Å². The van der Waals surface area contributed by atoms with Crippen molar-refractivity contribution in [1.29, 1.82) is 0 Å². The Balaban J connectivity index is 1.66. The van der Waals surface area contributed by atoms with Gasteiger partial charge in [0.1, 0.15) is 11.8 Å². The van der Waals surface area contributed by atoms with E-state index in [0.29, 0.717) is 25.4 Å². The third kappa shape index (κ3) is 8.86. The van der Waals surface area contributed by atoms with Crippen LogP contribution in [0.15, 0.2) is 53.4 Å². The van der Waals surface area contributed by atoms with E-state index in [0.717, 1.165) is 36.1 Å². The Hall–Kier alpha value is -2.91. The third-order valence-electron chi connectivity index (χ3n) is 6.46. The Bertz CT molecular complexity index is 1140. The van der Waals surface area contributed by atoms with Crippen molar-refractivity contribution >= 4 is 21.8 Å². The number of methoxy groups -OCH3 is 1. The molecule has 1 aliphatic carbocycles. The number of nitrogens with zero attached hydrogens (tertiary/aromatic N) is 1. The smallest absolute Gasteiger partial charge is 0.242 e. The van der Waals surface area contributed by atoms with E-state index in [-0.39, 0.29) is 29.2 Å². The lowest BCUT2D eigenvalue weighted by molar-refractivity contribution is -0.140. The first-order valence-corrected chi connectivity index (χ1v) is 14.4. The van der Waals surface area contributed by atoms with Gasteiger partial charge in [-0.1, -0.05) is 38.1 Å². The molecule has 0 saturated heterocycles. The maximum absolute atomic E-state index is 13.3. The monoisotopic (exact) mass is 529 g/mol. The molecule has 0 aliphatic heterocycles. The Morgan fingerprint density at radius 1 is 1.00 bits per heavy atom. The highest BCUT2D eigenvalue weighted by Gasteiger charge is 2.28. The van der Waals surface area contributed by atoms with Gasteiger partial charge in [0.25, 0.3) is 0 Å². The van der Waals surface area contributed by atoms with E-state index in [1.54, 1.807) is 43.2 Å². The lowest BCUT2D eigenvalue weighted by atomic mass is 10.1. The summed E-state index contributed by atoms with van der Waals surface area (Å²) in [5.74, 6) is 0.868. The van der Waals surface area contributed by atoms with Gasteiger partial charge in [-0.25, -0.2) is 13.1 Å². The number of hydrogen-bond donors (Lipinski definition) is 2. The van der Waals surface area contributed by atoms with Gasteiger partial charge < -0.3 is 15.0 Å². The quantitative estimate of drug-likeness (QED) is 0.389. The topological polar surface area (TPSA) is 105 Å². The Labute approximate surface area is 220 Å². The summed E-state index contributed by atoms with van der Waals surface area (Å²) in [6.07, 6.45) is 3.26. The molecule has 3 rings (SSSR count). The summed E-state index contributed by atoms with van der Waals surface area (Å²) in [5.41, 5.74) is 1.76. The Morgan fingerprint density at radius 2 is 1.62 bits per heavy atom. The van der Waals surface area contributed by atoms with Gasteiger partial charge in [0.2, 0.25) is 21.8 Å². The molecule has 2 amide bonds. The fourth-order valence-corrected chi connectivity index (χ4v) is 5.17. The summed E-state index contributed by atoms with van der Waals surface area (Å²) in [6, 6.07) is 13.5. The zero-order valence-electron chi connectivity index (χ0n) is 22.2. The van der Waals surface area contributed by atoms with Gasteiger partial charge in [-0.15, -0.1) is 0 Å². The molecule has 202 valence electrons. The van der Waals surface area contributed by atoms with Crippen molar-refractivity contribution in [3.8, 4) is 5.75 Å². The predicted molar refractivity (Wildman–Crippen MR) is 144 cm³/mol. The molecule has 1 atom stereocenters. The lowest BCUT2D eigenvalue weighted by Crippen LogP contribution is -2.48. The first-order valence-electron chi connectivity index (χ1n) is 12.9. The van der Waals surface area contributed by atoms with Gasteiger partial charge in [0.15, 0.2) is 0 Å². The van der Waals surface area contributed by atoms with Crippen LogP contribution in [-0.4, -0.2) is 50.9 Å². The van der Waals surface area contributed by atoms with Crippen LogP contribution in [0.3, 0.4) is 0 Å². The second-order valence-corrected chi connectivity index (χ2v) is 11.8. The van der Waals surface area contributed by atoms with E-state index in [2.05, 4.69) is 23.9 Å². The minimum atomic E-state index is -3.51. The Kier molecular flexibility index (Phi) is 10.1. The number of benzene rings is 2. The van der Waals surface area contributed by atoms with Crippen molar-refractivity contribution in [2.24, 2.45) is 5.92 Å². The molecule has 1 aliphatic rings. The molecule has 0 heterocycles. The summed E-state index contributed by atoms with van der Waals surface area (Å²) < 4.78 is 32.7. The number of sulfonamides is 1. The van der Waals surface area contributed by atoms with Crippen molar-refractivity contribution in [2.75, 3.05) is 13.7 Å². The van der Waals surface area contributed by atoms with Crippen LogP contribution in [-0.2, 0) is 32.6 Å². The molecule has 0 unspecified atom stereocenters. The zero-order chi connectivity index (χ0) is 27.0. The number of amides is 2. The maximum atomic E-state index is 13.3. The molecule has 2 N–H and O–H groups in total. The van der Waals surface area contributed by atoms with Crippen LogP contribution in [0.2, 0.25) is 0 Å². The molecule has 1 fully saturated rings. The first-order chi connectivity index (χ1) is 17.6. The van der Waals surface area contributed by atoms with Gasteiger partial charge in [0, 0.05) is 25.6 Å². The summed E-state index contributed by atoms with van der Waals surface area (Å²) in [7, 11) is -1.91. The second-order valence-electron chi connectivity index (χ2n) is 10.1. The van der Waals surface area contributed by atoms with E-state index in [9.17, 15) is 18.0 Å². The third-order valence-corrected chi connectivity index (χ3v) is 8.00. The number of carbonyl (C=O) groups excluding carboxylic acids is 2. The van der Waals surface area contributed by atoms with E-state index >= 15 is 0 Å². The van der Waals surface area contributed by atoms with Gasteiger partial charge >= 0.3 is 0 Å². The normalized spacial score (nSPS) is 14.3. The standard InChI is InChI=1S/C28H39N3O5S/c1-20(2)17-18-29-28(33)21(3)31(19-23-5-12-25(36-4)13-6-23)27(32)16-9-22-7-14-26(15-8-22)37(34,35)30-24-10-11-24/h5-8,12-15,20-21,24,30H,9-11,16-19H2,1-4H3,(H,29,33)/t21-/m0/s1. The molecule has 0 radical (unpaired) electrons. The molecule has 0 bridgehead atoms. The maximum Gasteiger partial charge on any atom is 0.242 e. The van der Waals surface area contributed by atoms with Crippen molar-refractivity contribution in [2.45, 2.75) is 76.4 Å². The van der Waals surface area contributed by atoms with E-state index < -0.39 is 16.1 Å². The highest BCUT2D eigenvalue weighted by molar-refractivity contribution is 7.89. The van der Waals surface area contributed by atoms with E-state index in [4.69, 9.17) is 4.74 Å². The van der Waals surface area contributed by atoms with E-state index in [1.807, 2.05) is 24.3 Å². The summed E-state index contributed by atoms with van der Waals surface area (Å²) in [4.78, 5) is 28.0. The van der Waals surface area contributed by atoms with Crippen molar-refractivity contribution in [3.05, 3.63) is 59.7 Å². The van der Waals surface area contributed by atoms with E-state index in [1.165, 1.54) is 0 Å². The van der Waals surface area contributed by atoms with Crippen LogP contribution >= 0.6 is 0 Å². The number of hydrogen-bond acceptors (Lipinski definition) is 5. The number of rotatable bonds is 14. The van der Waals surface area contributed by atoms with Crippen LogP contribution in [0.25, 0.3) is 0 Å². The predicted octanol–water partition coefficient (Wildman–Crippen LogP) is 3.65. The molecule has 2 aromatic carbocycles. The molecule has 2 aromatic rings. The number of ether oxygens (including phenoxy) is 1. The van der Waals surface area contributed by atoms with Crippen LogP contribution in [0.1, 0.15) is 57.6 Å². The summed E-state index contributed by atoms with van der Waals surface area (Å²) >= 11 is 0. The van der Waals surface area contributed by atoms with Gasteiger partial charge in [-0.3, -0.25) is 9.59 Å². The molecule has 1 saturated carbocycles. The summed E-state index contributed by atoms with van der Waals surface area (Å²) in [6.45, 7) is 6.81. The van der Waals surface area contributed by atoms with Gasteiger partial charge in [-0.05, 0) is 73.9 Å². The molecule has 8 nitrogen and oxygen atoms in total. The molecule has 0 aromatic heterocycles. The largest absolute Gasteiger partial charge is 0.497 e. The average molecular weight is 530 g/mol. The van der Waals surface area contributed by atoms with Crippen LogP contribution < -0.4 is 14.8 Å². The Morgan fingerprint density at radius 3 is 2.19 bits per heavy atom. The number of aryl methyl sites for hydroxylation is 1. The average Bonchev–Trinajstić information content (AvgIpc) is 3.69. The van der Waals surface area contributed by atoms with Crippen molar-refractivity contribution in [1.82, 2.24) is 14.9 Å². The van der Waals surface area contributed by atoms with Crippen molar-refractivity contribution in [3.63, 3.8) is 0 Å². The molecule has 37 heavy (non-hydrogen) atoms. The fraction of sp³-hybridized carbons (Fsp3) is 0.500. The second kappa shape index (κ2) is 13.1. The lowest BCUT2D eigenvalue weighted by Gasteiger charge is -2.29.